The number of rotatable bonds is 6. The van der Waals surface area contributed by atoms with E-state index in [1.54, 1.807) is 44.4 Å². The van der Waals surface area contributed by atoms with E-state index in [4.69, 9.17) is 14.2 Å². The Labute approximate surface area is 174 Å². The van der Waals surface area contributed by atoms with Crippen molar-refractivity contribution in [1.29, 1.82) is 0 Å². The molecule has 0 atom stereocenters. The van der Waals surface area contributed by atoms with E-state index in [0.717, 1.165) is 11.1 Å². The maximum atomic E-state index is 12.6. The molecular weight excluding hydrogens is 390 g/mol. The van der Waals surface area contributed by atoms with E-state index in [1.807, 2.05) is 6.08 Å². The summed E-state index contributed by atoms with van der Waals surface area (Å²) < 4.78 is 16.3. The van der Waals surface area contributed by atoms with Crippen LogP contribution >= 0.6 is 0 Å². The Morgan fingerprint density at radius 2 is 1.80 bits per heavy atom. The highest BCUT2D eigenvalue weighted by Crippen LogP contribution is 2.40. The van der Waals surface area contributed by atoms with E-state index in [1.165, 1.54) is 18.2 Å². The van der Waals surface area contributed by atoms with Crippen molar-refractivity contribution in [1.82, 2.24) is 4.90 Å². The topological polar surface area (TPSA) is 103 Å². The van der Waals surface area contributed by atoms with E-state index in [0.29, 0.717) is 42.4 Å². The van der Waals surface area contributed by atoms with Crippen LogP contribution in [0.25, 0.3) is 5.57 Å². The van der Waals surface area contributed by atoms with Gasteiger partial charge in [-0.05, 0) is 18.1 Å². The minimum absolute atomic E-state index is 0.0766. The van der Waals surface area contributed by atoms with Gasteiger partial charge in [0.1, 0.15) is 17.2 Å². The normalized spacial score (nSPS) is 13.3. The molecule has 1 heterocycles. The van der Waals surface area contributed by atoms with Crippen LogP contribution in [0.15, 0.2) is 42.5 Å². The minimum atomic E-state index is -0.499. The standard InChI is InChI=1S/C21H23N3O6/c1-28-17-12-18(29-2)20(19(13-17)30-3)14-7-9-23(10-8-14)21(25)22-15-5-4-6-16(11-15)24(26)27/h4-7,11-13H,8-10H2,1-3H3,(H,22,25). The molecule has 1 N–H and O–H groups in total. The lowest BCUT2D eigenvalue weighted by atomic mass is 9.97. The monoisotopic (exact) mass is 413 g/mol. The molecule has 9 heteroatoms. The first-order valence-corrected chi connectivity index (χ1v) is 9.26. The first kappa shape index (κ1) is 21.0. The maximum absolute atomic E-state index is 12.6. The van der Waals surface area contributed by atoms with Gasteiger partial charge in [-0.15, -0.1) is 0 Å². The van der Waals surface area contributed by atoms with Crippen molar-refractivity contribution in [2.45, 2.75) is 6.42 Å². The van der Waals surface area contributed by atoms with Gasteiger partial charge < -0.3 is 24.4 Å². The molecule has 0 aromatic heterocycles. The van der Waals surface area contributed by atoms with Gasteiger partial charge >= 0.3 is 6.03 Å². The van der Waals surface area contributed by atoms with Crippen molar-refractivity contribution in [3.8, 4) is 17.2 Å². The summed E-state index contributed by atoms with van der Waals surface area (Å²) in [4.78, 5) is 24.6. The number of nitro groups is 1. The molecule has 0 fully saturated rings. The van der Waals surface area contributed by atoms with Crippen LogP contribution in [-0.4, -0.2) is 50.3 Å². The van der Waals surface area contributed by atoms with E-state index in [2.05, 4.69) is 5.32 Å². The molecule has 2 amide bonds. The summed E-state index contributed by atoms with van der Waals surface area (Å²) in [5.41, 5.74) is 2.14. The lowest BCUT2D eigenvalue weighted by Gasteiger charge is -2.28. The smallest absolute Gasteiger partial charge is 0.322 e. The van der Waals surface area contributed by atoms with Crippen molar-refractivity contribution in [3.63, 3.8) is 0 Å². The number of amides is 2. The third-order valence-electron chi connectivity index (χ3n) is 4.84. The summed E-state index contributed by atoms with van der Waals surface area (Å²) in [6, 6.07) is 9.12. The average molecular weight is 413 g/mol. The fraction of sp³-hybridized carbons (Fsp3) is 0.286. The second-order valence-electron chi connectivity index (χ2n) is 6.57. The second-order valence-corrected chi connectivity index (χ2v) is 6.57. The molecule has 1 aliphatic rings. The molecule has 9 nitrogen and oxygen atoms in total. The van der Waals surface area contributed by atoms with Gasteiger partial charge in [-0.25, -0.2) is 4.79 Å². The number of carbonyl (C=O) groups excluding carboxylic acids is 1. The molecule has 0 aliphatic carbocycles. The molecule has 158 valence electrons. The Morgan fingerprint density at radius 3 is 2.33 bits per heavy atom. The van der Waals surface area contributed by atoms with Crippen LogP contribution < -0.4 is 19.5 Å². The number of methoxy groups -OCH3 is 3. The number of hydrogen-bond acceptors (Lipinski definition) is 6. The summed E-state index contributed by atoms with van der Waals surface area (Å²) in [5, 5.41) is 13.6. The number of nitrogens with one attached hydrogen (secondary N) is 1. The molecular formula is C21H23N3O6. The van der Waals surface area contributed by atoms with Gasteiger partial charge in [-0.3, -0.25) is 10.1 Å². The van der Waals surface area contributed by atoms with Crippen LogP contribution in [0.3, 0.4) is 0 Å². The van der Waals surface area contributed by atoms with E-state index in [9.17, 15) is 14.9 Å². The van der Waals surface area contributed by atoms with Crippen LogP contribution in [0.2, 0.25) is 0 Å². The highest BCUT2D eigenvalue weighted by Gasteiger charge is 2.23. The molecule has 3 rings (SSSR count). The van der Waals surface area contributed by atoms with Crippen molar-refractivity contribution in [2.24, 2.45) is 0 Å². The summed E-state index contributed by atoms with van der Waals surface area (Å²) in [5.74, 6) is 1.89. The molecule has 0 saturated carbocycles. The predicted molar refractivity (Wildman–Crippen MR) is 112 cm³/mol. The van der Waals surface area contributed by atoms with Gasteiger partial charge in [0.15, 0.2) is 0 Å². The molecule has 0 saturated heterocycles. The lowest BCUT2D eigenvalue weighted by Crippen LogP contribution is -2.37. The van der Waals surface area contributed by atoms with Crippen molar-refractivity contribution in [3.05, 3.63) is 58.2 Å². The number of ether oxygens (including phenoxy) is 3. The molecule has 2 aromatic carbocycles. The highest BCUT2D eigenvalue weighted by molar-refractivity contribution is 5.90. The first-order valence-electron chi connectivity index (χ1n) is 9.26. The lowest BCUT2D eigenvalue weighted by molar-refractivity contribution is -0.384. The summed E-state index contributed by atoms with van der Waals surface area (Å²) in [6.07, 6.45) is 2.55. The van der Waals surface area contributed by atoms with Crippen molar-refractivity contribution in [2.75, 3.05) is 39.7 Å². The molecule has 0 bridgehead atoms. The Hall–Kier alpha value is -3.75. The predicted octanol–water partition coefficient (Wildman–Crippen LogP) is 3.94. The first-order chi connectivity index (χ1) is 14.5. The van der Waals surface area contributed by atoms with Crippen LogP contribution in [-0.2, 0) is 0 Å². The molecule has 0 radical (unpaired) electrons. The zero-order chi connectivity index (χ0) is 21.7. The number of non-ortho nitro benzene ring substituents is 1. The Balaban J connectivity index is 1.76. The molecule has 0 spiro atoms. The SMILES string of the molecule is COc1cc(OC)c(C2=CCN(C(=O)Nc3cccc([N+](=O)[O-])c3)CC2)c(OC)c1. The van der Waals surface area contributed by atoms with Gasteiger partial charge in [0.2, 0.25) is 0 Å². The third kappa shape index (κ3) is 4.45. The maximum Gasteiger partial charge on any atom is 0.322 e. The quantitative estimate of drug-likeness (QED) is 0.568. The Kier molecular flexibility index (Phi) is 6.41. The van der Waals surface area contributed by atoms with Gasteiger partial charge in [-0.1, -0.05) is 12.1 Å². The van der Waals surface area contributed by atoms with E-state index in [-0.39, 0.29) is 11.7 Å². The third-order valence-corrected chi connectivity index (χ3v) is 4.84. The fourth-order valence-electron chi connectivity index (χ4n) is 3.30. The van der Waals surface area contributed by atoms with Crippen molar-refractivity contribution < 1.29 is 23.9 Å². The summed E-state index contributed by atoms with van der Waals surface area (Å²) in [7, 11) is 4.74. The fourth-order valence-corrected chi connectivity index (χ4v) is 3.30. The van der Waals surface area contributed by atoms with Gasteiger partial charge in [-0.2, -0.15) is 0 Å². The van der Waals surface area contributed by atoms with Crippen LogP contribution in [0.5, 0.6) is 17.2 Å². The Morgan fingerprint density at radius 1 is 1.10 bits per heavy atom. The number of urea groups is 1. The van der Waals surface area contributed by atoms with Gasteiger partial charge in [0.25, 0.3) is 5.69 Å². The number of nitro benzene ring substituents is 1. The largest absolute Gasteiger partial charge is 0.496 e. The number of benzene rings is 2. The van der Waals surface area contributed by atoms with E-state index >= 15 is 0 Å². The Bertz CT molecular complexity index is 963. The summed E-state index contributed by atoms with van der Waals surface area (Å²) in [6.45, 7) is 0.860. The van der Waals surface area contributed by atoms with Gasteiger partial charge in [0, 0.05) is 43.0 Å². The van der Waals surface area contributed by atoms with Crippen LogP contribution in [0.4, 0.5) is 16.2 Å². The molecule has 30 heavy (non-hydrogen) atoms. The highest BCUT2D eigenvalue weighted by atomic mass is 16.6. The van der Waals surface area contributed by atoms with E-state index < -0.39 is 4.92 Å². The molecule has 0 unspecified atom stereocenters. The summed E-state index contributed by atoms with van der Waals surface area (Å²) >= 11 is 0. The number of anilines is 1. The molecule has 2 aromatic rings. The zero-order valence-electron chi connectivity index (χ0n) is 17.0. The molecule has 1 aliphatic heterocycles. The van der Waals surface area contributed by atoms with Crippen LogP contribution in [0, 0.1) is 10.1 Å². The number of nitrogens with zero attached hydrogens (tertiary/aromatic N) is 2. The average Bonchev–Trinajstić information content (AvgIpc) is 2.78. The number of hydrogen-bond donors (Lipinski definition) is 1. The minimum Gasteiger partial charge on any atom is -0.496 e. The second kappa shape index (κ2) is 9.17. The zero-order valence-corrected chi connectivity index (χ0v) is 17.0. The van der Waals surface area contributed by atoms with Crippen LogP contribution in [0.1, 0.15) is 12.0 Å². The number of carbonyl (C=O) groups is 1. The van der Waals surface area contributed by atoms with Gasteiger partial charge in [0.05, 0.1) is 31.8 Å². The van der Waals surface area contributed by atoms with Crippen molar-refractivity contribution >= 4 is 23.0 Å².